The lowest BCUT2D eigenvalue weighted by atomic mass is 9.57. The number of rotatable bonds is 4. The van der Waals surface area contributed by atoms with Crippen LogP contribution in [0.5, 0.6) is 5.75 Å². The Morgan fingerprint density at radius 3 is 2.40 bits per heavy atom. The number of ketones is 2. The molecule has 1 aliphatic heterocycles. The fourth-order valence-corrected chi connectivity index (χ4v) is 6.96. The number of phenolic OH excluding ortho intramolecular Hbond substituents is 1. The molecule has 2 amide bonds. The summed E-state index contributed by atoms with van der Waals surface area (Å²) in [5, 5.41) is 50.2. The number of primary amides is 1. The SMILES string of the molecule is CN(C)[C@@H]1C(=O)C(C(N)=O)=C(O)[C@@]2(O)C(=O)C3=C(O)c4c(O)c(NC(=O)[C@@H]5CCCCN5)cc(C(F)(F)F)c4C[C@H]3C[C@@H]12. The molecule has 1 saturated carbocycles. The third-order valence-electron chi connectivity index (χ3n) is 8.91. The number of fused-ring (bicyclic) bond motifs is 3. The molecule has 5 rings (SSSR count). The van der Waals surface area contributed by atoms with Gasteiger partial charge in [0.05, 0.1) is 28.9 Å². The van der Waals surface area contributed by atoms with E-state index in [4.69, 9.17) is 5.73 Å². The number of anilines is 1. The first-order valence-corrected chi connectivity index (χ1v) is 13.7. The molecule has 4 aliphatic rings. The van der Waals surface area contributed by atoms with Crippen LogP contribution in [0.15, 0.2) is 23.0 Å². The lowest BCUT2D eigenvalue weighted by Gasteiger charge is -2.50. The highest BCUT2D eigenvalue weighted by Gasteiger charge is 2.64. The Morgan fingerprint density at radius 2 is 1.84 bits per heavy atom. The number of aliphatic hydroxyl groups excluding tert-OH is 2. The minimum atomic E-state index is -5.01. The van der Waals surface area contributed by atoms with E-state index in [1.807, 2.05) is 0 Å². The molecule has 1 heterocycles. The number of hydrogen-bond donors (Lipinski definition) is 7. The molecule has 43 heavy (non-hydrogen) atoms. The second-order valence-corrected chi connectivity index (χ2v) is 11.6. The van der Waals surface area contributed by atoms with Crippen LogP contribution in [0.1, 0.15) is 42.4 Å². The first-order chi connectivity index (χ1) is 20.0. The zero-order valence-electron chi connectivity index (χ0n) is 23.2. The molecule has 2 fully saturated rings. The maximum atomic E-state index is 14.4. The van der Waals surface area contributed by atoms with Gasteiger partial charge in [0.15, 0.2) is 11.4 Å². The molecule has 232 valence electrons. The summed E-state index contributed by atoms with van der Waals surface area (Å²) in [6, 6.07) is -1.54. The van der Waals surface area contributed by atoms with Crippen LogP contribution < -0.4 is 16.4 Å². The molecule has 0 unspecified atom stereocenters. The first-order valence-electron chi connectivity index (χ1n) is 13.7. The molecule has 0 radical (unpaired) electrons. The molecule has 1 aromatic carbocycles. The largest absolute Gasteiger partial charge is 0.508 e. The van der Waals surface area contributed by atoms with Crippen LogP contribution in [0.25, 0.3) is 5.76 Å². The average molecular weight is 609 g/mol. The zero-order valence-corrected chi connectivity index (χ0v) is 23.2. The van der Waals surface area contributed by atoms with E-state index >= 15 is 0 Å². The van der Waals surface area contributed by atoms with Gasteiger partial charge in [-0.15, -0.1) is 0 Å². The maximum absolute atomic E-state index is 14.4. The number of carbonyl (C=O) groups is 4. The second-order valence-electron chi connectivity index (χ2n) is 11.6. The number of alkyl halides is 3. The molecule has 0 bridgehead atoms. The van der Waals surface area contributed by atoms with E-state index < -0.39 is 116 Å². The van der Waals surface area contributed by atoms with Crippen molar-refractivity contribution in [3.8, 4) is 5.75 Å². The number of nitrogens with zero attached hydrogens (tertiary/aromatic N) is 1. The summed E-state index contributed by atoms with van der Waals surface area (Å²) in [5.41, 5.74) is -2.50. The van der Waals surface area contributed by atoms with Crippen molar-refractivity contribution in [3.05, 3.63) is 39.7 Å². The number of halogens is 3. The number of benzene rings is 1. The molecule has 15 heteroatoms. The summed E-state index contributed by atoms with van der Waals surface area (Å²) in [7, 11) is 2.82. The predicted octanol–water partition coefficient (Wildman–Crippen LogP) is 1.06. The summed E-state index contributed by atoms with van der Waals surface area (Å²) in [4.78, 5) is 53.3. The summed E-state index contributed by atoms with van der Waals surface area (Å²) in [6.45, 7) is 0.515. The molecule has 1 aromatic rings. The number of carbonyl (C=O) groups excluding carboxylic acids is 4. The molecule has 3 aliphatic carbocycles. The Morgan fingerprint density at radius 1 is 1.16 bits per heavy atom. The number of likely N-dealkylation sites (N-methyl/N-ethyl adjacent to an activating group) is 1. The van der Waals surface area contributed by atoms with E-state index in [1.54, 1.807) is 0 Å². The second kappa shape index (κ2) is 10.3. The van der Waals surface area contributed by atoms with Crippen LogP contribution in [-0.2, 0) is 31.8 Å². The van der Waals surface area contributed by atoms with Gasteiger partial charge in [-0.05, 0) is 63.9 Å². The van der Waals surface area contributed by atoms with E-state index in [0.717, 1.165) is 6.42 Å². The minimum Gasteiger partial charge on any atom is -0.508 e. The number of nitrogens with two attached hydrogens (primary N) is 1. The van der Waals surface area contributed by atoms with Crippen LogP contribution in [0.4, 0.5) is 18.9 Å². The average Bonchev–Trinajstić information content (AvgIpc) is 2.91. The van der Waals surface area contributed by atoms with E-state index in [0.29, 0.717) is 25.5 Å². The number of Topliss-reactive ketones (excluding diaryl/α,β-unsaturated/α-hetero) is 2. The van der Waals surface area contributed by atoms with Crippen molar-refractivity contribution in [3.63, 3.8) is 0 Å². The Bertz CT molecular complexity index is 1510. The topological polar surface area (TPSA) is 203 Å². The Labute approximate surface area is 243 Å². The molecule has 12 nitrogen and oxygen atoms in total. The van der Waals surface area contributed by atoms with Crippen LogP contribution >= 0.6 is 0 Å². The number of piperidine rings is 1. The van der Waals surface area contributed by atoms with Gasteiger partial charge in [-0.3, -0.25) is 24.1 Å². The van der Waals surface area contributed by atoms with E-state index in [-0.39, 0.29) is 6.42 Å². The monoisotopic (exact) mass is 608 g/mol. The lowest BCUT2D eigenvalue weighted by Crippen LogP contribution is -2.65. The van der Waals surface area contributed by atoms with Crippen molar-refractivity contribution in [2.24, 2.45) is 17.6 Å². The van der Waals surface area contributed by atoms with Crippen molar-refractivity contribution in [1.29, 1.82) is 0 Å². The summed E-state index contributed by atoms with van der Waals surface area (Å²) < 4.78 is 43.1. The molecule has 5 atom stereocenters. The van der Waals surface area contributed by atoms with Crippen LogP contribution in [0.3, 0.4) is 0 Å². The molecule has 0 aromatic heterocycles. The first kappa shape index (κ1) is 30.5. The summed E-state index contributed by atoms with van der Waals surface area (Å²) in [6.07, 6.45) is -4.00. The van der Waals surface area contributed by atoms with Crippen molar-refractivity contribution in [1.82, 2.24) is 10.2 Å². The van der Waals surface area contributed by atoms with Crippen molar-refractivity contribution < 1.29 is 52.8 Å². The highest BCUT2D eigenvalue weighted by atomic mass is 19.4. The molecule has 0 spiro atoms. The molecule has 1 saturated heterocycles. The number of phenols is 1. The van der Waals surface area contributed by atoms with Gasteiger partial charge in [0.25, 0.3) is 5.91 Å². The van der Waals surface area contributed by atoms with Gasteiger partial charge >= 0.3 is 6.18 Å². The zero-order chi connectivity index (χ0) is 31.8. The quantitative estimate of drug-likeness (QED) is 0.191. The molecule has 8 N–H and O–H groups in total. The third kappa shape index (κ3) is 4.57. The Hall–Kier alpha value is -3.95. The van der Waals surface area contributed by atoms with Gasteiger partial charge in [-0.2, -0.15) is 13.2 Å². The van der Waals surface area contributed by atoms with E-state index in [2.05, 4.69) is 10.6 Å². The van der Waals surface area contributed by atoms with E-state index in [9.17, 15) is 52.8 Å². The van der Waals surface area contributed by atoms with Crippen LogP contribution in [0.2, 0.25) is 0 Å². The van der Waals surface area contributed by atoms with Gasteiger partial charge in [-0.1, -0.05) is 6.42 Å². The van der Waals surface area contributed by atoms with Crippen LogP contribution in [0, 0.1) is 11.8 Å². The highest BCUT2D eigenvalue weighted by Crippen LogP contribution is 2.55. The van der Waals surface area contributed by atoms with Crippen molar-refractivity contribution >= 4 is 34.8 Å². The number of amides is 2. The van der Waals surface area contributed by atoms with Gasteiger partial charge < -0.3 is 36.8 Å². The predicted molar refractivity (Wildman–Crippen MR) is 144 cm³/mol. The van der Waals surface area contributed by atoms with Crippen LogP contribution in [-0.4, -0.2) is 87.0 Å². The number of aliphatic hydroxyl groups is 3. The Kier molecular flexibility index (Phi) is 7.34. The lowest BCUT2D eigenvalue weighted by molar-refractivity contribution is -0.153. The smallest absolute Gasteiger partial charge is 0.416 e. The fourth-order valence-electron chi connectivity index (χ4n) is 6.96. The summed E-state index contributed by atoms with van der Waals surface area (Å²) in [5.74, 6) is -10.4. The van der Waals surface area contributed by atoms with Crippen molar-refractivity contribution in [2.75, 3.05) is 26.0 Å². The maximum Gasteiger partial charge on any atom is 0.416 e. The van der Waals surface area contributed by atoms with Gasteiger partial charge in [-0.25, -0.2) is 0 Å². The highest BCUT2D eigenvalue weighted by molar-refractivity contribution is 6.24. The number of aromatic hydroxyl groups is 1. The van der Waals surface area contributed by atoms with E-state index in [1.165, 1.54) is 19.0 Å². The Balaban J connectivity index is 1.69. The number of hydrogen-bond acceptors (Lipinski definition) is 10. The third-order valence-corrected chi connectivity index (χ3v) is 8.91. The molecular formula is C28H31F3N4O8. The minimum absolute atomic E-state index is 0.365. The van der Waals surface area contributed by atoms with Gasteiger partial charge in [0.2, 0.25) is 11.7 Å². The standard InChI is InChI=1S/C28H31F3N4O8/c1-35(2)19-13-8-10-7-11-12(28(29,30)31)9-15(34-26(42)14-5-3-4-6-33-14)20(36)17(11)21(37)16(10)23(39)27(13,43)24(40)18(22(19)38)25(32)41/h9-10,13-14,19,33,36-37,40,43H,3-8H2,1-2H3,(H2,32,41)(H,34,42)/t10-,13-,14-,19-,27-/m0/s1. The summed E-state index contributed by atoms with van der Waals surface area (Å²) >= 11 is 0. The van der Waals surface area contributed by atoms with Gasteiger partial charge in [0.1, 0.15) is 22.8 Å². The van der Waals surface area contributed by atoms with Crippen molar-refractivity contribution in [2.45, 2.75) is 56.0 Å². The molecular weight excluding hydrogens is 577 g/mol. The van der Waals surface area contributed by atoms with Gasteiger partial charge in [0, 0.05) is 11.5 Å². The normalized spacial score (nSPS) is 29.3. The number of nitrogens with one attached hydrogen (secondary N) is 2. The fraction of sp³-hybridized carbons (Fsp3) is 0.500.